The van der Waals surface area contributed by atoms with Crippen LogP contribution in [0.3, 0.4) is 0 Å². The Morgan fingerprint density at radius 1 is 1.22 bits per heavy atom. The molecule has 1 aromatic heterocycles. The van der Waals surface area contributed by atoms with Crippen LogP contribution in [0.2, 0.25) is 0 Å². The van der Waals surface area contributed by atoms with Gasteiger partial charge in [0.2, 0.25) is 0 Å². The zero-order valence-corrected chi connectivity index (χ0v) is 9.03. The van der Waals surface area contributed by atoms with Gasteiger partial charge < -0.3 is 4.52 Å². The second-order valence-corrected chi connectivity index (χ2v) is 3.65. The molecule has 0 saturated heterocycles. The molecule has 0 saturated carbocycles. The standard InChI is InChI=1S/C12H7F3N2O/c13-12(14,15)10-7-17-18-11(10)5-8-1-3-9(6-16)4-2-8/h1-4,7H,5H2. The van der Waals surface area contributed by atoms with Gasteiger partial charge in [-0.15, -0.1) is 0 Å². The third-order valence-electron chi connectivity index (χ3n) is 2.40. The molecule has 18 heavy (non-hydrogen) atoms. The zero-order valence-electron chi connectivity index (χ0n) is 9.03. The van der Waals surface area contributed by atoms with E-state index < -0.39 is 11.7 Å². The van der Waals surface area contributed by atoms with Crippen molar-refractivity contribution in [3.63, 3.8) is 0 Å². The van der Waals surface area contributed by atoms with Crippen molar-refractivity contribution in [3.8, 4) is 6.07 Å². The van der Waals surface area contributed by atoms with Gasteiger partial charge in [-0.25, -0.2) is 0 Å². The second kappa shape index (κ2) is 4.53. The fourth-order valence-electron chi connectivity index (χ4n) is 1.51. The molecule has 6 heteroatoms. The van der Waals surface area contributed by atoms with Crippen LogP contribution in [0.4, 0.5) is 13.2 Å². The number of hydrogen-bond acceptors (Lipinski definition) is 3. The molecule has 0 atom stereocenters. The number of nitriles is 1. The van der Waals surface area contributed by atoms with Gasteiger partial charge in [0.25, 0.3) is 0 Å². The van der Waals surface area contributed by atoms with Crippen molar-refractivity contribution in [2.75, 3.05) is 0 Å². The van der Waals surface area contributed by atoms with Crippen molar-refractivity contribution in [1.29, 1.82) is 5.26 Å². The molecule has 0 N–H and O–H groups in total. The van der Waals surface area contributed by atoms with Crippen LogP contribution in [-0.2, 0) is 12.6 Å². The molecule has 0 aliphatic heterocycles. The number of nitrogens with zero attached hydrogens (tertiary/aromatic N) is 2. The number of rotatable bonds is 2. The second-order valence-electron chi connectivity index (χ2n) is 3.65. The fourth-order valence-corrected chi connectivity index (χ4v) is 1.51. The number of alkyl halides is 3. The topological polar surface area (TPSA) is 49.8 Å². The van der Waals surface area contributed by atoms with Gasteiger partial charge in [-0.3, -0.25) is 0 Å². The normalized spacial score (nSPS) is 11.2. The maximum atomic E-state index is 12.6. The maximum Gasteiger partial charge on any atom is 0.421 e. The van der Waals surface area contributed by atoms with Crippen LogP contribution >= 0.6 is 0 Å². The van der Waals surface area contributed by atoms with Crippen molar-refractivity contribution in [1.82, 2.24) is 5.16 Å². The Morgan fingerprint density at radius 2 is 1.89 bits per heavy atom. The van der Waals surface area contributed by atoms with Crippen LogP contribution in [0.5, 0.6) is 0 Å². The van der Waals surface area contributed by atoms with Crippen LogP contribution < -0.4 is 0 Å². The molecule has 1 aromatic carbocycles. The third kappa shape index (κ3) is 2.51. The molecule has 92 valence electrons. The lowest BCUT2D eigenvalue weighted by Crippen LogP contribution is -2.06. The minimum atomic E-state index is -4.47. The fraction of sp³-hybridized carbons (Fsp3) is 0.167. The molecule has 0 fully saturated rings. The van der Waals surface area contributed by atoms with Gasteiger partial charge in [-0.2, -0.15) is 18.4 Å². The first kappa shape index (κ1) is 12.2. The summed E-state index contributed by atoms with van der Waals surface area (Å²) in [5, 5.41) is 11.8. The number of benzene rings is 1. The summed E-state index contributed by atoms with van der Waals surface area (Å²) < 4.78 is 42.3. The summed E-state index contributed by atoms with van der Waals surface area (Å²) in [5.74, 6) is -0.229. The van der Waals surface area contributed by atoms with Crippen molar-refractivity contribution < 1.29 is 17.7 Å². The minimum absolute atomic E-state index is 0.0133. The highest BCUT2D eigenvalue weighted by Crippen LogP contribution is 2.32. The number of aromatic nitrogens is 1. The van der Waals surface area contributed by atoms with Crippen molar-refractivity contribution in [2.24, 2.45) is 0 Å². The quantitative estimate of drug-likeness (QED) is 0.824. The average molecular weight is 252 g/mol. The molecular formula is C12H7F3N2O. The lowest BCUT2D eigenvalue weighted by atomic mass is 10.1. The van der Waals surface area contributed by atoms with E-state index in [-0.39, 0.29) is 12.2 Å². The van der Waals surface area contributed by atoms with Crippen LogP contribution in [0.25, 0.3) is 0 Å². The molecule has 2 aromatic rings. The predicted molar refractivity (Wildman–Crippen MR) is 55.5 cm³/mol. The van der Waals surface area contributed by atoms with Crippen molar-refractivity contribution >= 4 is 0 Å². The van der Waals surface area contributed by atoms with E-state index in [1.165, 1.54) is 0 Å². The van der Waals surface area contributed by atoms with Gasteiger partial charge in [0.05, 0.1) is 17.8 Å². The first-order valence-electron chi connectivity index (χ1n) is 5.00. The third-order valence-corrected chi connectivity index (χ3v) is 2.40. The van der Waals surface area contributed by atoms with E-state index >= 15 is 0 Å². The summed E-state index contributed by atoms with van der Waals surface area (Å²) in [6, 6.07) is 8.18. The Kier molecular flexibility index (Phi) is 3.06. The summed E-state index contributed by atoms with van der Waals surface area (Å²) in [6.07, 6.45) is -3.82. The summed E-state index contributed by atoms with van der Waals surface area (Å²) in [7, 11) is 0. The highest BCUT2D eigenvalue weighted by molar-refractivity contribution is 5.34. The highest BCUT2D eigenvalue weighted by atomic mass is 19.4. The largest absolute Gasteiger partial charge is 0.421 e. The highest BCUT2D eigenvalue weighted by Gasteiger charge is 2.36. The monoisotopic (exact) mass is 252 g/mol. The maximum absolute atomic E-state index is 12.6. The smallest absolute Gasteiger partial charge is 0.360 e. The zero-order chi connectivity index (χ0) is 13.2. The Hall–Kier alpha value is -2.29. The number of halogens is 3. The van der Waals surface area contributed by atoms with E-state index in [1.807, 2.05) is 6.07 Å². The molecule has 3 nitrogen and oxygen atoms in total. The molecule has 1 heterocycles. The molecule has 0 aliphatic carbocycles. The first-order chi connectivity index (χ1) is 8.50. The van der Waals surface area contributed by atoms with E-state index in [4.69, 9.17) is 5.26 Å². The Bertz CT molecular complexity index is 579. The summed E-state index contributed by atoms with van der Waals surface area (Å²) in [4.78, 5) is 0. The first-order valence-corrected chi connectivity index (χ1v) is 5.00. The predicted octanol–water partition coefficient (Wildman–Crippen LogP) is 3.16. The molecule has 0 aliphatic rings. The summed E-state index contributed by atoms with van der Waals surface area (Å²) in [6.45, 7) is 0. The summed E-state index contributed by atoms with van der Waals surface area (Å²) in [5.41, 5.74) is 0.204. The van der Waals surface area contributed by atoms with Gasteiger partial charge in [0.15, 0.2) is 5.76 Å². The summed E-state index contributed by atoms with van der Waals surface area (Å²) >= 11 is 0. The van der Waals surface area contributed by atoms with Gasteiger partial charge in [0, 0.05) is 6.42 Å². The Labute approximate surface area is 100 Å². The van der Waals surface area contributed by atoms with Crippen LogP contribution in [0.15, 0.2) is 35.0 Å². The van der Waals surface area contributed by atoms with Gasteiger partial charge in [-0.1, -0.05) is 17.3 Å². The number of hydrogen-bond donors (Lipinski definition) is 0. The minimum Gasteiger partial charge on any atom is -0.360 e. The van der Waals surface area contributed by atoms with Gasteiger partial charge in [0.1, 0.15) is 5.56 Å². The van der Waals surface area contributed by atoms with E-state index in [2.05, 4.69) is 9.68 Å². The van der Waals surface area contributed by atoms with E-state index in [1.54, 1.807) is 24.3 Å². The molecule has 0 radical (unpaired) electrons. The molecule has 0 amide bonds. The van der Waals surface area contributed by atoms with Crippen LogP contribution in [0, 0.1) is 11.3 Å². The van der Waals surface area contributed by atoms with Gasteiger partial charge in [-0.05, 0) is 17.7 Å². The van der Waals surface area contributed by atoms with E-state index in [0.29, 0.717) is 17.3 Å². The Morgan fingerprint density at radius 3 is 2.44 bits per heavy atom. The molecular weight excluding hydrogens is 245 g/mol. The van der Waals surface area contributed by atoms with Crippen LogP contribution in [-0.4, -0.2) is 5.16 Å². The van der Waals surface area contributed by atoms with E-state index in [9.17, 15) is 13.2 Å². The lowest BCUT2D eigenvalue weighted by molar-refractivity contribution is -0.138. The van der Waals surface area contributed by atoms with Gasteiger partial charge >= 0.3 is 6.18 Å². The van der Waals surface area contributed by atoms with E-state index in [0.717, 1.165) is 0 Å². The SMILES string of the molecule is N#Cc1ccc(Cc2oncc2C(F)(F)F)cc1. The molecule has 2 rings (SSSR count). The van der Waals surface area contributed by atoms with Crippen molar-refractivity contribution in [2.45, 2.75) is 12.6 Å². The Balaban J connectivity index is 2.24. The molecule has 0 unspecified atom stereocenters. The molecule has 0 spiro atoms. The average Bonchev–Trinajstić information content (AvgIpc) is 2.78. The van der Waals surface area contributed by atoms with Crippen LogP contribution in [0.1, 0.15) is 22.5 Å². The van der Waals surface area contributed by atoms with Crippen molar-refractivity contribution in [3.05, 3.63) is 52.9 Å². The molecule has 0 bridgehead atoms. The lowest BCUT2D eigenvalue weighted by Gasteiger charge is -2.05.